The molecule has 1 aromatic heterocycles. The lowest BCUT2D eigenvalue weighted by atomic mass is 10.1. The zero-order valence-electron chi connectivity index (χ0n) is 18.8. The Morgan fingerprint density at radius 3 is 2.42 bits per heavy atom. The highest BCUT2D eigenvalue weighted by Gasteiger charge is 2.27. The largest absolute Gasteiger partial charge is 0.494 e. The van der Waals surface area contributed by atoms with Crippen molar-refractivity contribution in [3.05, 3.63) is 62.4 Å². The quantitative estimate of drug-likeness (QED) is 0.186. The molecule has 0 radical (unpaired) electrons. The molecular formula is C22H25BrN4O5S. The lowest BCUT2D eigenvalue weighted by Crippen LogP contribution is -2.12. The van der Waals surface area contributed by atoms with Gasteiger partial charge in [0, 0.05) is 15.1 Å². The van der Waals surface area contributed by atoms with E-state index in [-0.39, 0.29) is 11.5 Å². The molecule has 11 heteroatoms. The maximum atomic E-state index is 11.5. The van der Waals surface area contributed by atoms with E-state index in [1.165, 1.54) is 18.9 Å². The predicted octanol–water partition coefficient (Wildman–Crippen LogP) is 5.25. The molecule has 9 nitrogen and oxygen atoms in total. The molecule has 1 atom stereocenters. The average molecular weight is 537 g/mol. The molecule has 3 rings (SSSR count). The first-order valence-electron chi connectivity index (χ1n) is 10.3. The van der Waals surface area contributed by atoms with E-state index >= 15 is 0 Å². The highest BCUT2D eigenvalue weighted by Crippen LogP contribution is 2.43. The summed E-state index contributed by atoms with van der Waals surface area (Å²) < 4.78 is 19.2. The smallest absolute Gasteiger partial charge is 0.220 e. The highest BCUT2D eigenvalue weighted by molar-refractivity contribution is 9.10. The number of halogens is 1. The fourth-order valence-corrected chi connectivity index (χ4v) is 5.22. The summed E-state index contributed by atoms with van der Waals surface area (Å²) in [6, 6.07) is 11.1. The van der Waals surface area contributed by atoms with Gasteiger partial charge in [0.25, 0.3) is 0 Å². The summed E-state index contributed by atoms with van der Waals surface area (Å²) in [5.74, 6) is 2.50. The van der Waals surface area contributed by atoms with E-state index in [4.69, 9.17) is 14.2 Å². The Morgan fingerprint density at radius 1 is 1.12 bits per heavy atom. The summed E-state index contributed by atoms with van der Waals surface area (Å²) >= 11 is 4.82. The van der Waals surface area contributed by atoms with Gasteiger partial charge in [-0.1, -0.05) is 27.7 Å². The second-order valence-corrected chi connectivity index (χ2v) is 8.90. The van der Waals surface area contributed by atoms with Crippen molar-refractivity contribution in [1.29, 1.82) is 0 Å². The summed E-state index contributed by atoms with van der Waals surface area (Å²) in [6.45, 7) is 6.38. The molecule has 0 fully saturated rings. The van der Waals surface area contributed by atoms with E-state index in [0.717, 1.165) is 11.4 Å². The summed E-state index contributed by atoms with van der Waals surface area (Å²) in [6.07, 6.45) is 0. The van der Waals surface area contributed by atoms with Crippen LogP contribution in [0.2, 0.25) is 0 Å². The molecule has 2 aromatic carbocycles. The number of hydrogen-bond donors (Lipinski definition) is 0. The minimum atomic E-state index is -0.552. The predicted molar refractivity (Wildman–Crippen MR) is 130 cm³/mol. The number of hydrogen-bond acceptors (Lipinski definition) is 8. The van der Waals surface area contributed by atoms with Crippen LogP contribution in [0.3, 0.4) is 0 Å². The van der Waals surface area contributed by atoms with Crippen LogP contribution in [0.25, 0.3) is 5.69 Å². The summed E-state index contributed by atoms with van der Waals surface area (Å²) in [7, 11) is 1.54. The first kappa shape index (κ1) is 24.8. The second kappa shape index (κ2) is 11.4. The maximum absolute atomic E-state index is 11.5. The van der Waals surface area contributed by atoms with Gasteiger partial charge in [-0.3, -0.25) is 14.7 Å². The summed E-state index contributed by atoms with van der Waals surface area (Å²) in [5, 5.41) is 20.0. The Morgan fingerprint density at radius 2 is 1.82 bits per heavy atom. The van der Waals surface area contributed by atoms with Crippen molar-refractivity contribution in [3.8, 4) is 22.9 Å². The fraction of sp³-hybridized carbons (Fsp3) is 0.364. The molecule has 0 amide bonds. The van der Waals surface area contributed by atoms with E-state index in [2.05, 4.69) is 26.1 Å². The van der Waals surface area contributed by atoms with Crippen LogP contribution in [0.15, 0.2) is 46.0 Å². The number of aryl methyl sites for hydroxylation is 1. The summed E-state index contributed by atoms with van der Waals surface area (Å²) in [4.78, 5) is 11.2. The molecule has 0 spiro atoms. The average Bonchev–Trinajstić information content (AvgIpc) is 3.14. The molecular weight excluding hydrogens is 512 g/mol. The molecule has 0 aliphatic heterocycles. The molecule has 3 aromatic rings. The zero-order valence-corrected chi connectivity index (χ0v) is 21.2. The van der Waals surface area contributed by atoms with Gasteiger partial charge in [-0.25, -0.2) is 0 Å². The van der Waals surface area contributed by atoms with Crippen molar-refractivity contribution in [3.63, 3.8) is 0 Å². The Kier molecular flexibility index (Phi) is 8.56. The van der Waals surface area contributed by atoms with Crippen LogP contribution >= 0.6 is 27.7 Å². The van der Waals surface area contributed by atoms with Crippen molar-refractivity contribution in [2.24, 2.45) is 0 Å². The second-order valence-electron chi connectivity index (χ2n) is 6.87. The van der Waals surface area contributed by atoms with Gasteiger partial charge in [0.2, 0.25) is 6.54 Å². The number of methoxy groups -OCH3 is 1. The first-order valence-corrected chi connectivity index (χ1v) is 12.0. The van der Waals surface area contributed by atoms with Crippen LogP contribution in [0.4, 0.5) is 0 Å². The standard InChI is InChI=1S/C22H25BrN4O5S/c1-5-31-16-9-7-15(8-10-16)27-14(3)24-25-22(27)33-21(13-26(28)29)17-11-19(30-4)20(32-6-2)12-18(17)23/h7-12,21H,5-6,13H2,1-4H3/t21-/m0/s1. The van der Waals surface area contributed by atoms with Gasteiger partial charge in [0.15, 0.2) is 16.7 Å². The van der Waals surface area contributed by atoms with Gasteiger partial charge < -0.3 is 14.2 Å². The Hall–Kier alpha value is -2.79. The SMILES string of the molecule is CCOc1ccc(-n2c(C)nnc2S[C@@H](C[N+](=O)[O-])c2cc(OC)c(OCC)cc2Br)cc1. The Bertz CT molecular complexity index is 1110. The minimum absolute atomic E-state index is 0.310. The van der Waals surface area contributed by atoms with Gasteiger partial charge >= 0.3 is 0 Å². The first-order chi connectivity index (χ1) is 15.9. The van der Waals surface area contributed by atoms with Crippen molar-refractivity contribution in [1.82, 2.24) is 14.8 Å². The van der Waals surface area contributed by atoms with Gasteiger partial charge in [0.05, 0.1) is 20.3 Å². The fourth-order valence-electron chi connectivity index (χ4n) is 3.26. The number of thioether (sulfide) groups is 1. The lowest BCUT2D eigenvalue weighted by Gasteiger charge is -2.18. The van der Waals surface area contributed by atoms with Gasteiger partial charge in [-0.15, -0.1) is 10.2 Å². The molecule has 0 N–H and O–H groups in total. The minimum Gasteiger partial charge on any atom is -0.494 e. The van der Waals surface area contributed by atoms with Crippen LogP contribution < -0.4 is 14.2 Å². The molecule has 0 aliphatic rings. The van der Waals surface area contributed by atoms with E-state index < -0.39 is 5.25 Å². The molecule has 0 bridgehead atoms. The summed E-state index contributed by atoms with van der Waals surface area (Å²) in [5.41, 5.74) is 1.54. The van der Waals surface area contributed by atoms with Crippen LogP contribution in [0, 0.1) is 17.0 Å². The molecule has 0 aliphatic carbocycles. The zero-order chi connectivity index (χ0) is 24.0. The van der Waals surface area contributed by atoms with Crippen molar-refractivity contribution < 1.29 is 19.1 Å². The molecule has 176 valence electrons. The molecule has 0 unspecified atom stereocenters. The maximum Gasteiger partial charge on any atom is 0.220 e. The number of ether oxygens (including phenoxy) is 3. The van der Waals surface area contributed by atoms with Gasteiger partial charge in [-0.2, -0.15) is 0 Å². The monoisotopic (exact) mass is 536 g/mol. The number of nitro groups is 1. The number of rotatable bonds is 11. The lowest BCUT2D eigenvalue weighted by molar-refractivity contribution is -0.479. The molecule has 33 heavy (non-hydrogen) atoms. The normalized spacial score (nSPS) is 11.8. The number of nitrogens with zero attached hydrogens (tertiary/aromatic N) is 4. The van der Waals surface area contributed by atoms with Crippen LogP contribution in [0.5, 0.6) is 17.2 Å². The van der Waals surface area contributed by atoms with E-state index in [9.17, 15) is 10.1 Å². The third-order valence-electron chi connectivity index (χ3n) is 4.69. The number of aromatic nitrogens is 3. The van der Waals surface area contributed by atoms with E-state index in [1.54, 1.807) is 12.1 Å². The van der Waals surface area contributed by atoms with Crippen LogP contribution in [-0.2, 0) is 0 Å². The van der Waals surface area contributed by atoms with Crippen molar-refractivity contribution >= 4 is 27.7 Å². The van der Waals surface area contributed by atoms with E-state index in [1.807, 2.05) is 49.6 Å². The van der Waals surface area contributed by atoms with Gasteiger partial charge in [0.1, 0.15) is 16.8 Å². The Labute approximate surface area is 204 Å². The van der Waals surface area contributed by atoms with Gasteiger partial charge in [-0.05, 0) is 62.7 Å². The van der Waals surface area contributed by atoms with E-state index in [0.29, 0.717) is 45.7 Å². The highest BCUT2D eigenvalue weighted by atomic mass is 79.9. The molecule has 1 heterocycles. The number of benzene rings is 2. The molecule has 0 saturated heterocycles. The van der Waals surface area contributed by atoms with Crippen LogP contribution in [0.1, 0.15) is 30.5 Å². The van der Waals surface area contributed by atoms with Crippen molar-refractivity contribution in [2.75, 3.05) is 26.9 Å². The third-order valence-corrected chi connectivity index (χ3v) is 6.54. The molecule has 0 saturated carbocycles. The van der Waals surface area contributed by atoms with Crippen LogP contribution in [-0.4, -0.2) is 46.6 Å². The topological polar surface area (TPSA) is 102 Å². The third kappa shape index (κ3) is 5.97. The Balaban J connectivity index is 1.99. The van der Waals surface area contributed by atoms with Crippen molar-refractivity contribution in [2.45, 2.75) is 31.2 Å².